The van der Waals surface area contributed by atoms with E-state index in [-0.39, 0.29) is 44.8 Å². The van der Waals surface area contributed by atoms with Gasteiger partial charge < -0.3 is 12.8 Å². The second kappa shape index (κ2) is 22.5. The second-order valence-electron chi connectivity index (χ2n) is 14.2. The number of benzene rings is 10. The third kappa shape index (κ3) is 10.8. The molecule has 0 heterocycles. The summed E-state index contributed by atoms with van der Waals surface area (Å²) < 4.78 is 0. The van der Waals surface area contributed by atoms with Crippen molar-refractivity contribution in [3.05, 3.63) is 254 Å². The molecule has 0 N–H and O–H groups in total. The van der Waals surface area contributed by atoms with Crippen molar-refractivity contribution in [2.75, 3.05) is 5.90 Å². The van der Waals surface area contributed by atoms with Crippen LogP contribution in [0.2, 0.25) is 0 Å². The topological polar surface area (TPSA) is 0 Å². The Morgan fingerprint density at radius 2 is 0.574 bits per heavy atom. The molecule has 0 bridgehead atoms. The van der Waals surface area contributed by atoms with E-state index in [1.807, 2.05) is 48.5 Å². The van der Waals surface area contributed by atoms with Gasteiger partial charge in [0.15, 0.2) is 5.90 Å². The molecule has 10 aromatic carbocycles. The molecule has 0 unspecified atom stereocenters. The van der Waals surface area contributed by atoms with Crippen molar-refractivity contribution in [1.82, 2.24) is 0 Å². The van der Waals surface area contributed by atoms with Crippen LogP contribution in [0.25, 0.3) is 43.1 Å². The van der Waals surface area contributed by atoms with Gasteiger partial charge in [-0.25, -0.2) is 0 Å². The van der Waals surface area contributed by atoms with Crippen LogP contribution < -0.4 is 21.2 Å². The van der Waals surface area contributed by atoms with E-state index < -0.39 is 15.8 Å². The molecule has 0 aliphatic carbocycles. The van der Waals surface area contributed by atoms with Crippen LogP contribution in [0.1, 0.15) is 11.1 Å². The van der Waals surface area contributed by atoms with Gasteiger partial charge in [0, 0.05) is 0 Å². The third-order valence-electron chi connectivity index (χ3n) is 10.7. The Hall–Kier alpha value is -5.30. The van der Waals surface area contributed by atoms with Crippen LogP contribution in [0.4, 0.5) is 0 Å². The van der Waals surface area contributed by atoms with Crippen molar-refractivity contribution in [2.45, 2.75) is 0 Å². The van der Waals surface area contributed by atoms with Crippen molar-refractivity contribution in [1.29, 1.82) is 0 Å². The molecule has 0 aromatic heterocycles. The molecule has 61 heavy (non-hydrogen) atoms. The zero-order valence-electron chi connectivity index (χ0n) is 33.2. The monoisotopic (exact) mass is 1180 g/mol. The fraction of sp³-hybridized carbons (Fsp3) is 0.0175. The molecule has 0 fully saturated rings. The zero-order valence-corrected chi connectivity index (χ0v) is 39.6. The van der Waals surface area contributed by atoms with Crippen LogP contribution >= 0.6 is 15.8 Å². The van der Waals surface area contributed by atoms with Crippen molar-refractivity contribution in [2.24, 2.45) is 0 Å². The first-order chi connectivity index (χ1) is 29.2. The van der Waals surface area contributed by atoms with E-state index in [4.69, 9.17) is 12.8 Å². The molecule has 0 aliphatic heterocycles. The van der Waals surface area contributed by atoms with E-state index in [0.717, 1.165) is 21.9 Å². The van der Waals surface area contributed by atoms with Gasteiger partial charge in [0.1, 0.15) is 37.1 Å². The van der Waals surface area contributed by atoms with Gasteiger partial charge in [-0.05, 0) is 80.8 Å². The summed E-state index contributed by atoms with van der Waals surface area (Å²) in [5.41, 5.74) is 1.70. The summed E-state index contributed by atoms with van der Waals surface area (Å²) >= 11 is 0. The van der Waals surface area contributed by atoms with E-state index in [1.165, 1.54) is 59.4 Å². The molecule has 4 heteroatoms. The summed E-state index contributed by atoms with van der Waals surface area (Å²) in [6, 6.07) is 81.4. The van der Waals surface area contributed by atoms with Gasteiger partial charge in [-0.2, -0.15) is 0 Å². The molecule has 0 amide bonds. The molecule has 0 atom stereocenters. The maximum Gasteiger partial charge on any atom is 1.00 e. The summed E-state index contributed by atoms with van der Waals surface area (Å²) in [5.74, 6) is 6.22. The molecule has 0 saturated heterocycles. The summed E-state index contributed by atoms with van der Waals surface area (Å²) in [6.45, 7) is 0. The molecule has 0 aliphatic rings. The summed E-state index contributed by atoms with van der Waals surface area (Å²) in [4.78, 5) is 0. The molecule has 300 valence electrons. The fourth-order valence-corrected chi connectivity index (χ4v) is 15.5. The zero-order chi connectivity index (χ0) is 40.2. The third-order valence-corrected chi connectivity index (χ3v) is 17.6. The van der Waals surface area contributed by atoms with E-state index in [2.05, 4.69) is 194 Å². The maximum absolute atomic E-state index is 7.28. The van der Waals surface area contributed by atoms with E-state index in [9.17, 15) is 0 Å². The van der Waals surface area contributed by atoms with Crippen molar-refractivity contribution in [3.8, 4) is 11.8 Å². The Balaban J connectivity index is 0.000000159. The Bertz CT molecular complexity index is 2760. The normalized spacial score (nSPS) is 10.4. The largest absolute Gasteiger partial charge is 1.00 e. The predicted molar refractivity (Wildman–Crippen MR) is 261 cm³/mol. The Morgan fingerprint density at radius 3 is 0.902 bits per heavy atom. The minimum Gasteiger partial charge on any atom is -0.366 e. The molecule has 0 saturated carbocycles. The summed E-state index contributed by atoms with van der Waals surface area (Å²) in [6.07, 6.45) is 14.6. The molecular formula is C57H42Au2P2+2. The van der Waals surface area contributed by atoms with Gasteiger partial charge in [-0.3, -0.25) is 11.8 Å². The molecule has 0 spiro atoms. The molecular weight excluding hydrogens is 1140 g/mol. The first kappa shape index (κ1) is 45.2. The van der Waals surface area contributed by atoms with Gasteiger partial charge in [0.2, 0.25) is 0 Å². The van der Waals surface area contributed by atoms with Gasteiger partial charge in [-0.15, -0.1) is 23.3 Å². The number of hydrogen-bond donors (Lipinski definition) is 0. The van der Waals surface area contributed by atoms with Crippen LogP contribution in [0.15, 0.2) is 231 Å². The first-order valence-electron chi connectivity index (χ1n) is 19.8. The minimum absolute atomic E-state index is 0. The van der Waals surface area contributed by atoms with Gasteiger partial charge >= 0.3 is 44.8 Å². The van der Waals surface area contributed by atoms with Gasteiger partial charge in [-0.1, -0.05) is 181 Å². The van der Waals surface area contributed by atoms with E-state index in [1.54, 1.807) is 0 Å². The van der Waals surface area contributed by atoms with Crippen LogP contribution in [-0.4, -0.2) is 5.90 Å². The molecule has 10 aromatic rings. The van der Waals surface area contributed by atoms with Crippen LogP contribution in [0.5, 0.6) is 0 Å². The van der Waals surface area contributed by atoms with Crippen LogP contribution in [0, 0.1) is 24.7 Å². The fourth-order valence-electron chi connectivity index (χ4n) is 7.77. The summed E-state index contributed by atoms with van der Waals surface area (Å²) in [5, 5.41) is 15.5. The quantitative estimate of drug-likeness (QED) is 0.0512. The predicted octanol–water partition coefficient (Wildman–Crippen LogP) is 12.5. The maximum atomic E-state index is 7.28. The van der Waals surface area contributed by atoms with E-state index >= 15 is 0 Å². The van der Waals surface area contributed by atoms with Crippen molar-refractivity contribution in [3.63, 3.8) is 0 Å². The van der Waals surface area contributed by atoms with Crippen molar-refractivity contribution < 1.29 is 44.8 Å². The molecule has 0 nitrogen and oxygen atoms in total. The minimum atomic E-state index is -0.847. The standard InChI is InChI=1S/C25H22P2.2C16H9.2Au/c1-5-13-22(14-6-1)26(23-15-7-2-8-16-23)21-27(24-17-9-3-10-18-24)25-19-11-4-12-20-25;2*1-2-12-7-5-9-16-14-8-4-3-6-13(14)10-11-15(12)16;;/h1-20H,21H2;2*3-11H;;/q;2*-1;2*+1/p+2. The molecule has 10 rings (SSSR count). The second-order valence-corrected chi connectivity index (χ2v) is 19.9. The van der Waals surface area contributed by atoms with E-state index in [0.29, 0.717) is 0 Å². The van der Waals surface area contributed by atoms with Gasteiger partial charge in [0.05, 0.1) is 0 Å². The van der Waals surface area contributed by atoms with Crippen LogP contribution in [0.3, 0.4) is 0 Å². The van der Waals surface area contributed by atoms with Gasteiger partial charge in [0.25, 0.3) is 0 Å². The SMILES string of the molecule is [Au+].[Au+].[C-]#Cc1cccc2c1ccc1ccccc12.[C-]#Cc1cccc2c1ccc1ccccc12.c1ccc([PH+](C[PH+](c2ccccc2)c2ccccc2)c2ccccc2)cc1. The van der Waals surface area contributed by atoms with Crippen LogP contribution in [-0.2, 0) is 44.8 Å². The first-order valence-corrected chi connectivity index (χ1v) is 23.2. The number of rotatable bonds is 6. The Labute approximate surface area is 394 Å². The van der Waals surface area contributed by atoms with Crippen molar-refractivity contribution >= 4 is 80.2 Å². The Morgan fingerprint density at radius 1 is 0.279 bits per heavy atom. The average Bonchev–Trinajstić information content (AvgIpc) is 3.33. The number of hydrogen-bond acceptors (Lipinski definition) is 0. The summed E-state index contributed by atoms with van der Waals surface area (Å²) in [7, 11) is -1.69. The smallest absolute Gasteiger partial charge is 0.366 e. The average molecular weight is 1180 g/mol. The molecule has 0 radical (unpaired) electrons. The Kier molecular flexibility index (Phi) is 16.7. The number of fused-ring (bicyclic) bond motifs is 6.